The zero-order valence-corrected chi connectivity index (χ0v) is 17.8. The average Bonchev–Trinajstić information content (AvgIpc) is 3.39. The Kier molecular flexibility index (Phi) is 4.83. The van der Waals surface area contributed by atoms with Crippen molar-refractivity contribution in [2.45, 2.75) is 31.3 Å². The van der Waals surface area contributed by atoms with Crippen molar-refractivity contribution in [3.63, 3.8) is 0 Å². The lowest BCUT2D eigenvalue weighted by Crippen LogP contribution is -2.27. The molecule has 1 amide bonds. The summed E-state index contributed by atoms with van der Waals surface area (Å²) in [6, 6.07) is 7.97. The van der Waals surface area contributed by atoms with Crippen molar-refractivity contribution >= 4 is 39.4 Å². The number of fused-ring (bicyclic) bond motifs is 3. The van der Waals surface area contributed by atoms with Gasteiger partial charge in [-0.15, -0.1) is 11.3 Å². The summed E-state index contributed by atoms with van der Waals surface area (Å²) < 4.78 is 6.73. The molecule has 6 nitrogen and oxygen atoms in total. The number of hydrogen-bond acceptors (Lipinski definition) is 6. The summed E-state index contributed by atoms with van der Waals surface area (Å²) >= 11 is 3.17. The van der Waals surface area contributed by atoms with E-state index in [4.69, 9.17) is 9.72 Å². The number of nitrogens with zero attached hydrogens (tertiary/aromatic N) is 3. The van der Waals surface area contributed by atoms with Gasteiger partial charge in [0, 0.05) is 17.2 Å². The Morgan fingerprint density at radius 1 is 1.21 bits per heavy atom. The van der Waals surface area contributed by atoms with Crippen molar-refractivity contribution in [1.82, 2.24) is 14.5 Å². The number of rotatable bonds is 5. The molecule has 8 heteroatoms. The summed E-state index contributed by atoms with van der Waals surface area (Å²) in [6.07, 6.45) is 2.85. The smallest absolute Gasteiger partial charge is 0.409 e. The highest BCUT2D eigenvalue weighted by atomic mass is 32.2. The minimum atomic E-state index is -0.264. The number of carbonyl (C=O) groups excluding carboxylic acids is 1. The van der Waals surface area contributed by atoms with Gasteiger partial charge in [0.05, 0.1) is 17.6 Å². The van der Waals surface area contributed by atoms with Crippen molar-refractivity contribution in [3.8, 4) is 5.69 Å². The van der Waals surface area contributed by atoms with E-state index in [0.29, 0.717) is 30.6 Å². The van der Waals surface area contributed by atoms with Crippen LogP contribution in [0.3, 0.4) is 0 Å². The fraction of sp³-hybridized carbons (Fsp3) is 0.381. The van der Waals surface area contributed by atoms with Crippen LogP contribution in [0.25, 0.3) is 15.9 Å². The lowest BCUT2D eigenvalue weighted by molar-refractivity contribution is 0.160. The van der Waals surface area contributed by atoms with Crippen LogP contribution >= 0.6 is 23.1 Å². The third kappa shape index (κ3) is 3.34. The monoisotopic (exact) mass is 427 g/mol. The molecule has 3 heterocycles. The third-order valence-electron chi connectivity index (χ3n) is 5.44. The van der Waals surface area contributed by atoms with E-state index in [0.717, 1.165) is 40.7 Å². The maximum Gasteiger partial charge on any atom is 0.409 e. The van der Waals surface area contributed by atoms with Crippen LogP contribution in [-0.4, -0.2) is 46.0 Å². The summed E-state index contributed by atoms with van der Waals surface area (Å²) in [4.78, 5) is 34.0. The van der Waals surface area contributed by atoms with E-state index in [-0.39, 0.29) is 11.7 Å². The number of ether oxygens (including phenoxy) is 1. The quantitative estimate of drug-likeness (QED) is 0.458. The Hall–Kier alpha value is -2.32. The summed E-state index contributed by atoms with van der Waals surface area (Å²) in [5.41, 5.74) is 3.19. The Bertz CT molecular complexity index is 1150. The van der Waals surface area contributed by atoms with E-state index in [1.165, 1.54) is 22.2 Å². The lowest BCUT2D eigenvalue weighted by Gasteiger charge is -2.15. The predicted molar refractivity (Wildman–Crippen MR) is 116 cm³/mol. The minimum absolute atomic E-state index is 0.0151. The van der Waals surface area contributed by atoms with Gasteiger partial charge in [0.25, 0.3) is 5.56 Å². The first-order valence-corrected chi connectivity index (χ1v) is 11.6. The largest absolute Gasteiger partial charge is 0.448 e. The normalized spacial score (nSPS) is 15.9. The summed E-state index contributed by atoms with van der Waals surface area (Å²) in [5, 5.41) is 1.47. The number of aryl methyl sites for hydroxylation is 3. The Morgan fingerprint density at radius 3 is 2.79 bits per heavy atom. The van der Waals surface area contributed by atoms with Gasteiger partial charge >= 0.3 is 6.09 Å². The van der Waals surface area contributed by atoms with Gasteiger partial charge in [0.1, 0.15) is 11.4 Å². The van der Waals surface area contributed by atoms with E-state index in [1.807, 2.05) is 31.2 Å². The zero-order valence-electron chi connectivity index (χ0n) is 16.1. The zero-order chi connectivity index (χ0) is 20.0. The third-order valence-corrected chi connectivity index (χ3v) is 7.54. The Balaban J connectivity index is 1.55. The number of amides is 1. The van der Waals surface area contributed by atoms with Crippen molar-refractivity contribution < 1.29 is 9.53 Å². The number of thiophene rings is 1. The number of hydrogen-bond donors (Lipinski definition) is 0. The summed E-state index contributed by atoms with van der Waals surface area (Å²) in [7, 11) is 0. The lowest BCUT2D eigenvalue weighted by atomic mass is 10.2. The molecule has 0 unspecified atom stereocenters. The summed E-state index contributed by atoms with van der Waals surface area (Å²) in [6.45, 7) is 3.67. The molecular weight excluding hydrogens is 406 g/mol. The van der Waals surface area contributed by atoms with E-state index in [2.05, 4.69) is 0 Å². The molecule has 5 rings (SSSR count). The molecule has 0 atom stereocenters. The predicted octanol–water partition coefficient (Wildman–Crippen LogP) is 3.79. The van der Waals surface area contributed by atoms with Crippen LogP contribution < -0.4 is 5.56 Å². The van der Waals surface area contributed by atoms with Crippen LogP contribution in [0.5, 0.6) is 0 Å². The topological polar surface area (TPSA) is 64.4 Å². The first kappa shape index (κ1) is 18.7. The molecular formula is C21H21N3O3S2. The van der Waals surface area contributed by atoms with E-state index in [1.54, 1.807) is 20.8 Å². The Morgan fingerprint density at radius 2 is 2.03 bits per heavy atom. The second kappa shape index (κ2) is 7.50. The highest BCUT2D eigenvalue weighted by Gasteiger charge is 2.25. The average molecular weight is 428 g/mol. The van der Waals surface area contributed by atoms with Crippen LogP contribution in [0.2, 0.25) is 0 Å². The molecule has 1 fully saturated rings. The number of aromatic nitrogens is 2. The maximum atomic E-state index is 13.6. The fourth-order valence-electron chi connectivity index (χ4n) is 3.92. The van der Waals surface area contributed by atoms with Gasteiger partial charge in [-0.25, -0.2) is 9.78 Å². The first-order valence-electron chi connectivity index (χ1n) is 9.80. The highest BCUT2D eigenvalue weighted by Crippen LogP contribution is 2.36. The molecule has 0 saturated carbocycles. The maximum absolute atomic E-state index is 13.6. The van der Waals surface area contributed by atoms with Gasteiger partial charge in [-0.1, -0.05) is 29.5 Å². The molecule has 2 aromatic heterocycles. The van der Waals surface area contributed by atoms with Crippen molar-refractivity contribution in [1.29, 1.82) is 0 Å². The number of cyclic esters (lactones) is 1. The summed E-state index contributed by atoms with van der Waals surface area (Å²) in [5.74, 6) is 0.657. The number of carbonyl (C=O) groups is 1. The molecule has 0 spiro atoms. The molecule has 1 saturated heterocycles. The van der Waals surface area contributed by atoms with Crippen molar-refractivity contribution in [2.24, 2.45) is 0 Å². The highest BCUT2D eigenvalue weighted by molar-refractivity contribution is 7.99. The molecule has 150 valence electrons. The van der Waals surface area contributed by atoms with E-state index in [9.17, 15) is 9.59 Å². The molecule has 0 radical (unpaired) electrons. The second-order valence-electron chi connectivity index (χ2n) is 7.36. The minimum Gasteiger partial charge on any atom is -0.448 e. The van der Waals surface area contributed by atoms with Gasteiger partial charge in [0.2, 0.25) is 0 Å². The standard InChI is InChI=1S/C21H21N3O3S2/c1-13-5-7-14(8-6-13)24-19(25)17-15-3-2-4-16(15)29-18(17)22-20(24)28-12-10-23-9-11-27-21(23)26/h5-8H,2-4,9-12H2,1H3. The molecule has 2 aliphatic rings. The van der Waals surface area contributed by atoms with E-state index < -0.39 is 0 Å². The van der Waals surface area contributed by atoms with Crippen LogP contribution in [0.1, 0.15) is 22.4 Å². The molecule has 29 heavy (non-hydrogen) atoms. The molecule has 0 N–H and O–H groups in total. The molecule has 1 aromatic carbocycles. The van der Waals surface area contributed by atoms with Crippen LogP contribution in [0.15, 0.2) is 34.2 Å². The number of thioether (sulfide) groups is 1. The van der Waals surface area contributed by atoms with Gasteiger partial charge < -0.3 is 9.64 Å². The molecule has 3 aromatic rings. The van der Waals surface area contributed by atoms with Crippen LogP contribution in [0.4, 0.5) is 4.79 Å². The molecule has 1 aliphatic heterocycles. The van der Waals surface area contributed by atoms with Crippen LogP contribution in [-0.2, 0) is 17.6 Å². The van der Waals surface area contributed by atoms with E-state index >= 15 is 0 Å². The number of benzene rings is 1. The molecule has 0 bridgehead atoms. The van der Waals surface area contributed by atoms with Crippen molar-refractivity contribution in [3.05, 3.63) is 50.6 Å². The SMILES string of the molecule is Cc1ccc(-n2c(SCCN3CCOC3=O)nc3sc4c(c3c2=O)CCC4)cc1. The first-order chi connectivity index (χ1) is 14.1. The van der Waals surface area contributed by atoms with Gasteiger partial charge in [0.15, 0.2) is 5.16 Å². The molecule has 1 aliphatic carbocycles. The Labute approximate surface area is 176 Å². The van der Waals surface area contributed by atoms with Crippen LogP contribution in [0, 0.1) is 6.92 Å². The van der Waals surface area contributed by atoms with Gasteiger partial charge in [-0.05, 0) is 43.9 Å². The second-order valence-corrected chi connectivity index (χ2v) is 9.50. The van der Waals surface area contributed by atoms with Gasteiger partial charge in [-0.3, -0.25) is 9.36 Å². The fourth-order valence-corrected chi connectivity index (χ4v) is 6.20. The van der Waals surface area contributed by atoms with Gasteiger partial charge in [-0.2, -0.15) is 0 Å². The van der Waals surface area contributed by atoms with Crippen molar-refractivity contribution in [2.75, 3.05) is 25.4 Å².